The van der Waals surface area contributed by atoms with Gasteiger partial charge in [-0.25, -0.2) is 0 Å². The van der Waals surface area contributed by atoms with Crippen molar-refractivity contribution in [3.63, 3.8) is 0 Å². The molecule has 1 aromatic rings. The van der Waals surface area contributed by atoms with Crippen LogP contribution in [0.25, 0.3) is 0 Å². The zero-order chi connectivity index (χ0) is 13.8. The summed E-state index contributed by atoms with van der Waals surface area (Å²) in [6.45, 7) is 2.58. The lowest BCUT2D eigenvalue weighted by Crippen LogP contribution is -2.52. The van der Waals surface area contributed by atoms with Gasteiger partial charge in [0.2, 0.25) is 0 Å². The van der Waals surface area contributed by atoms with Crippen LogP contribution >= 0.6 is 0 Å². The molecule has 2 rings (SSSR count). The van der Waals surface area contributed by atoms with Crippen LogP contribution in [0.1, 0.15) is 22.8 Å². The predicted octanol–water partition coefficient (Wildman–Crippen LogP) is 0.780. The molecule has 0 aromatic heterocycles. The molecule has 2 atom stereocenters. The fourth-order valence-electron chi connectivity index (χ4n) is 2.10. The number of nitrogens with zero attached hydrogens (tertiary/aromatic N) is 2. The quantitative estimate of drug-likeness (QED) is 0.852. The molecule has 0 bridgehead atoms. The second-order valence-corrected chi connectivity index (χ2v) is 4.64. The van der Waals surface area contributed by atoms with E-state index in [2.05, 4.69) is 0 Å². The SMILES string of the molecule is CC1COC(CO)CN1C(=O)c1cccc(C#N)c1. The van der Waals surface area contributed by atoms with E-state index in [0.717, 1.165) is 0 Å². The number of morpholine rings is 1. The van der Waals surface area contributed by atoms with Crippen molar-refractivity contribution in [1.29, 1.82) is 5.26 Å². The Morgan fingerprint density at radius 1 is 1.63 bits per heavy atom. The van der Waals surface area contributed by atoms with Crippen LogP contribution < -0.4 is 0 Å². The monoisotopic (exact) mass is 260 g/mol. The third-order valence-electron chi connectivity index (χ3n) is 3.21. The molecule has 1 aliphatic heterocycles. The summed E-state index contributed by atoms with van der Waals surface area (Å²) in [5.41, 5.74) is 0.954. The molecule has 19 heavy (non-hydrogen) atoms. The van der Waals surface area contributed by atoms with Gasteiger partial charge < -0.3 is 14.7 Å². The van der Waals surface area contributed by atoms with E-state index >= 15 is 0 Å². The molecule has 0 aliphatic carbocycles. The largest absolute Gasteiger partial charge is 0.394 e. The van der Waals surface area contributed by atoms with Gasteiger partial charge in [-0.05, 0) is 25.1 Å². The molecule has 1 fully saturated rings. The molecule has 100 valence electrons. The Balaban J connectivity index is 2.19. The van der Waals surface area contributed by atoms with E-state index in [0.29, 0.717) is 24.3 Å². The van der Waals surface area contributed by atoms with Crippen LogP contribution in [0.5, 0.6) is 0 Å². The molecular weight excluding hydrogens is 244 g/mol. The lowest BCUT2D eigenvalue weighted by molar-refractivity contribution is -0.0667. The molecular formula is C14H16N2O3. The van der Waals surface area contributed by atoms with Gasteiger partial charge in [0.05, 0.1) is 37.0 Å². The van der Waals surface area contributed by atoms with Crippen molar-refractivity contribution in [2.24, 2.45) is 0 Å². The number of hydrogen-bond donors (Lipinski definition) is 1. The Labute approximate surface area is 112 Å². The maximum Gasteiger partial charge on any atom is 0.254 e. The average Bonchev–Trinajstić information content (AvgIpc) is 2.47. The van der Waals surface area contributed by atoms with Gasteiger partial charge in [-0.1, -0.05) is 6.07 Å². The smallest absolute Gasteiger partial charge is 0.254 e. The number of aliphatic hydroxyl groups is 1. The van der Waals surface area contributed by atoms with E-state index in [4.69, 9.17) is 15.1 Å². The number of nitriles is 1. The Kier molecular flexibility index (Phi) is 4.15. The maximum atomic E-state index is 12.4. The highest BCUT2D eigenvalue weighted by Gasteiger charge is 2.29. The summed E-state index contributed by atoms with van der Waals surface area (Å²) in [6.07, 6.45) is -0.334. The minimum Gasteiger partial charge on any atom is -0.394 e. The van der Waals surface area contributed by atoms with Gasteiger partial charge in [0.15, 0.2) is 0 Å². The van der Waals surface area contributed by atoms with Gasteiger partial charge in [0.1, 0.15) is 0 Å². The highest BCUT2D eigenvalue weighted by Crippen LogP contribution is 2.16. The lowest BCUT2D eigenvalue weighted by atomic mass is 10.1. The number of ether oxygens (including phenoxy) is 1. The highest BCUT2D eigenvalue weighted by molar-refractivity contribution is 5.94. The van der Waals surface area contributed by atoms with Crippen molar-refractivity contribution in [2.75, 3.05) is 19.8 Å². The highest BCUT2D eigenvalue weighted by atomic mass is 16.5. The van der Waals surface area contributed by atoms with Crippen molar-refractivity contribution < 1.29 is 14.6 Å². The minimum atomic E-state index is -0.334. The molecule has 0 saturated carbocycles. The Bertz CT molecular complexity index is 510. The number of carbonyl (C=O) groups excluding carboxylic acids is 1. The summed E-state index contributed by atoms with van der Waals surface area (Å²) >= 11 is 0. The number of hydrogen-bond acceptors (Lipinski definition) is 4. The van der Waals surface area contributed by atoms with Crippen LogP contribution in [0, 0.1) is 11.3 Å². The molecule has 0 spiro atoms. The van der Waals surface area contributed by atoms with Crippen molar-refractivity contribution in [2.45, 2.75) is 19.1 Å². The number of carbonyl (C=O) groups is 1. The van der Waals surface area contributed by atoms with Gasteiger partial charge >= 0.3 is 0 Å². The van der Waals surface area contributed by atoms with E-state index in [1.165, 1.54) is 0 Å². The summed E-state index contributed by atoms with van der Waals surface area (Å²) in [5, 5.41) is 18.0. The first kappa shape index (κ1) is 13.5. The molecule has 1 heterocycles. The number of rotatable bonds is 2. The molecule has 0 radical (unpaired) electrons. The van der Waals surface area contributed by atoms with Gasteiger partial charge in [0, 0.05) is 12.1 Å². The van der Waals surface area contributed by atoms with Crippen molar-refractivity contribution >= 4 is 5.91 Å². The fourth-order valence-corrected chi connectivity index (χ4v) is 2.10. The average molecular weight is 260 g/mol. The van der Waals surface area contributed by atoms with Gasteiger partial charge in [-0.2, -0.15) is 5.26 Å². The van der Waals surface area contributed by atoms with E-state index < -0.39 is 0 Å². The van der Waals surface area contributed by atoms with Crippen LogP contribution in [0.3, 0.4) is 0 Å². The first-order chi connectivity index (χ1) is 9.15. The van der Waals surface area contributed by atoms with Crippen LogP contribution in [-0.4, -0.2) is 47.8 Å². The van der Waals surface area contributed by atoms with Crippen LogP contribution in [0.2, 0.25) is 0 Å². The Morgan fingerprint density at radius 2 is 2.42 bits per heavy atom. The van der Waals surface area contributed by atoms with E-state index in [9.17, 15) is 4.79 Å². The number of aliphatic hydroxyl groups excluding tert-OH is 1. The summed E-state index contributed by atoms with van der Waals surface area (Å²) < 4.78 is 5.40. The molecule has 5 nitrogen and oxygen atoms in total. The summed E-state index contributed by atoms with van der Waals surface area (Å²) in [7, 11) is 0. The molecule has 1 aromatic carbocycles. The van der Waals surface area contributed by atoms with Crippen LogP contribution in [-0.2, 0) is 4.74 Å². The zero-order valence-electron chi connectivity index (χ0n) is 10.7. The van der Waals surface area contributed by atoms with Gasteiger partial charge in [-0.15, -0.1) is 0 Å². The van der Waals surface area contributed by atoms with Crippen molar-refractivity contribution in [1.82, 2.24) is 4.90 Å². The third kappa shape index (κ3) is 2.92. The maximum absolute atomic E-state index is 12.4. The predicted molar refractivity (Wildman–Crippen MR) is 68.5 cm³/mol. The van der Waals surface area contributed by atoms with E-state index in [1.54, 1.807) is 29.2 Å². The third-order valence-corrected chi connectivity index (χ3v) is 3.21. The first-order valence-corrected chi connectivity index (χ1v) is 6.19. The van der Waals surface area contributed by atoms with Gasteiger partial charge in [0.25, 0.3) is 5.91 Å². The van der Waals surface area contributed by atoms with E-state index in [-0.39, 0.29) is 24.7 Å². The Hall–Kier alpha value is -1.90. The van der Waals surface area contributed by atoms with Gasteiger partial charge in [-0.3, -0.25) is 4.79 Å². The summed E-state index contributed by atoms with van der Waals surface area (Å²) in [5.74, 6) is -0.133. The van der Waals surface area contributed by atoms with Crippen LogP contribution in [0.4, 0.5) is 0 Å². The molecule has 5 heteroatoms. The second kappa shape index (κ2) is 5.83. The molecule has 1 aliphatic rings. The number of amides is 1. The molecule has 1 saturated heterocycles. The lowest BCUT2D eigenvalue weighted by Gasteiger charge is -2.37. The summed E-state index contributed by atoms with van der Waals surface area (Å²) in [4.78, 5) is 14.1. The fraction of sp³-hybridized carbons (Fsp3) is 0.429. The summed E-state index contributed by atoms with van der Waals surface area (Å²) in [6, 6.07) is 8.61. The number of benzene rings is 1. The van der Waals surface area contributed by atoms with Crippen molar-refractivity contribution in [3.05, 3.63) is 35.4 Å². The van der Waals surface area contributed by atoms with Crippen molar-refractivity contribution in [3.8, 4) is 6.07 Å². The molecule has 1 N–H and O–H groups in total. The standard InChI is InChI=1S/C14H16N2O3/c1-10-9-19-13(8-17)7-16(10)14(18)12-4-2-3-11(5-12)6-15/h2-5,10,13,17H,7-9H2,1H3. The topological polar surface area (TPSA) is 73.6 Å². The Morgan fingerprint density at radius 3 is 3.11 bits per heavy atom. The normalized spacial score (nSPS) is 22.9. The minimum absolute atomic E-state index is 0.0407. The molecule has 2 unspecified atom stereocenters. The van der Waals surface area contributed by atoms with Crippen LogP contribution in [0.15, 0.2) is 24.3 Å². The first-order valence-electron chi connectivity index (χ1n) is 6.19. The molecule has 1 amide bonds. The zero-order valence-corrected chi connectivity index (χ0v) is 10.7. The van der Waals surface area contributed by atoms with E-state index in [1.807, 2.05) is 13.0 Å². The second-order valence-electron chi connectivity index (χ2n) is 4.64.